The van der Waals surface area contributed by atoms with Gasteiger partial charge in [-0.05, 0) is 30.2 Å². The van der Waals surface area contributed by atoms with Crippen LogP contribution in [0.1, 0.15) is 24.0 Å². The minimum Gasteiger partial charge on any atom is -0.489 e. The van der Waals surface area contributed by atoms with Gasteiger partial charge in [-0.15, -0.1) is 0 Å². The maximum absolute atomic E-state index is 5.94. The maximum Gasteiger partial charge on any atom is 0.119 e. The summed E-state index contributed by atoms with van der Waals surface area (Å²) in [7, 11) is 0. The quantitative estimate of drug-likeness (QED) is 0.848. The third-order valence-corrected chi connectivity index (χ3v) is 3.45. The van der Waals surface area contributed by atoms with Gasteiger partial charge in [-0.2, -0.15) is 0 Å². The summed E-state index contributed by atoms with van der Waals surface area (Å²) in [6.45, 7) is 3.12. The van der Waals surface area contributed by atoms with Crippen LogP contribution in [-0.4, -0.2) is 12.6 Å². The molecule has 2 rings (SSSR count). The number of hydrogen-bond acceptors (Lipinski definition) is 3. The molecule has 0 aromatic heterocycles. The average molecular weight is 270 g/mol. The molecule has 0 aliphatic heterocycles. The van der Waals surface area contributed by atoms with Gasteiger partial charge in [-0.25, -0.2) is 0 Å². The van der Waals surface area contributed by atoms with Crippen LogP contribution in [-0.2, 0) is 6.61 Å². The summed E-state index contributed by atoms with van der Waals surface area (Å²) in [4.78, 5) is 0. The summed E-state index contributed by atoms with van der Waals surface area (Å²) >= 11 is 0. The zero-order valence-corrected chi connectivity index (χ0v) is 11.8. The number of rotatable bonds is 6. The molecule has 2 aromatic carbocycles. The zero-order chi connectivity index (χ0) is 14.4. The van der Waals surface area contributed by atoms with Crippen LogP contribution >= 0.6 is 0 Å². The first kappa shape index (κ1) is 14.6. The lowest BCUT2D eigenvalue weighted by molar-refractivity contribution is 0.306. The highest BCUT2D eigenvalue weighted by Gasteiger charge is 2.14. The molecule has 0 aliphatic rings. The van der Waals surface area contributed by atoms with Gasteiger partial charge in [0.25, 0.3) is 0 Å². The summed E-state index contributed by atoms with van der Waals surface area (Å²) in [5.74, 6) is 1.05. The predicted octanol–water partition coefficient (Wildman–Crippen LogP) is 2.66. The molecule has 0 fully saturated rings. The molecule has 2 atom stereocenters. The average Bonchev–Trinajstić information content (AvgIpc) is 2.48. The van der Waals surface area contributed by atoms with E-state index in [2.05, 4.69) is 12.1 Å². The van der Waals surface area contributed by atoms with Gasteiger partial charge in [0.15, 0.2) is 0 Å². The van der Waals surface area contributed by atoms with E-state index in [1.165, 1.54) is 0 Å². The number of ether oxygens (including phenoxy) is 1. The SMILES string of the molecule is CC(N)C(CN)c1ccc(OCc2ccccc2)cc1. The van der Waals surface area contributed by atoms with Crippen molar-refractivity contribution in [3.63, 3.8) is 0 Å². The molecule has 0 heterocycles. The van der Waals surface area contributed by atoms with Crippen molar-refractivity contribution in [1.29, 1.82) is 0 Å². The van der Waals surface area contributed by atoms with Gasteiger partial charge >= 0.3 is 0 Å². The summed E-state index contributed by atoms with van der Waals surface area (Å²) in [6, 6.07) is 18.2. The highest BCUT2D eigenvalue weighted by molar-refractivity contribution is 5.30. The molecule has 106 valence electrons. The highest BCUT2D eigenvalue weighted by Crippen LogP contribution is 2.21. The lowest BCUT2D eigenvalue weighted by Crippen LogP contribution is -2.30. The van der Waals surface area contributed by atoms with E-state index in [0.717, 1.165) is 16.9 Å². The molecule has 0 amide bonds. The van der Waals surface area contributed by atoms with Crippen LogP contribution in [0, 0.1) is 0 Å². The van der Waals surface area contributed by atoms with Crippen molar-refractivity contribution < 1.29 is 4.74 Å². The Balaban J connectivity index is 1.98. The van der Waals surface area contributed by atoms with Crippen LogP contribution in [0.25, 0.3) is 0 Å². The Kier molecular flexibility index (Phi) is 5.16. The van der Waals surface area contributed by atoms with E-state index in [1.54, 1.807) is 0 Å². The van der Waals surface area contributed by atoms with Gasteiger partial charge in [-0.3, -0.25) is 0 Å². The van der Waals surface area contributed by atoms with Gasteiger partial charge in [0.1, 0.15) is 12.4 Å². The van der Waals surface area contributed by atoms with Crippen molar-refractivity contribution in [2.45, 2.75) is 25.5 Å². The Labute approximate surface area is 120 Å². The molecule has 0 bridgehead atoms. The summed E-state index contributed by atoms with van der Waals surface area (Å²) < 4.78 is 5.76. The normalized spacial score (nSPS) is 13.8. The van der Waals surface area contributed by atoms with E-state index in [4.69, 9.17) is 16.2 Å². The molecular formula is C17H22N2O. The third-order valence-electron chi connectivity index (χ3n) is 3.45. The second kappa shape index (κ2) is 7.08. The molecule has 0 aliphatic carbocycles. The van der Waals surface area contributed by atoms with Crippen molar-refractivity contribution >= 4 is 0 Å². The van der Waals surface area contributed by atoms with Crippen molar-refractivity contribution in [2.24, 2.45) is 11.5 Å². The van der Waals surface area contributed by atoms with E-state index in [1.807, 2.05) is 49.4 Å². The van der Waals surface area contributed by atoms with Gasteiger partial charge < -0.3 is 16.2 Å². The first-order valence-corrected chi connectivity index (χ1v) is 6.93. The first-order valence-electron chi connectivity index (χ1n) is 6.93. The fourth-order valence-electron chi connectivity index (χ4n) is 2.21. The molecule has 0 spiro atoms. The van der Waals surface area contributed by atoms with E-state index >= 15 is 0 Å². The van der Waals surface area contributed by atoms with Crippen LogP contribution in [0.3, 0.4) is 0 Å². The lowest BCUT2D eigenvalue weighted by atomic mass is 9.93. The first-order chi connectivity index (χ1) is 9.70. The van der Waals surface area contributed by atoms with Crippen LogP contribution in [0.4, 0.5) is 0 Å². The number of nitrogens with two attached hydrogens (primary N) is 2. The minimum absolute atomic E-state index is 0.0519. The third kappa shape index (κ3) is 3.83. The molecule has 0 radical (unpaired) electrons. The van der Waals surface area contributed by atoms with E-state index in [0.29, 0.717) is 13.2 Å². The van der Waals surface area contributed by atoms with Crippen LogP contribution in [0.2, 0.25) is 0 Å². The van der Waals surface area contributed by atoms with Crippen LogP contribution in [0.15, 0.2) is 54.6 Å². The molecule has 3 heteroatoms. The fraction of sp³-hybridized carbons (Fsp3) is 0.294. The van der Waals surface area contributed by atoms with Gasteiger partial charge in [0.05, 0.1) is 0 Å². The second-order valence-electron chi connectivity index (χ2n) is 5.04. The fourth-order valence-corrected chi connectivity index (χ4v) is 2.21. The molecule has 2 unspecified atom stereocenters. The number of hydrogen-bond donors (Lipinski definition) is 2. The lowest BCUT2D eigenvalue weighted by Gasteiger charge is -2.19. The Hall–Kier alpha value is -1.84. The molecule has 4 N–H and O–H groups in total. The van der Waals surface area contributed by atoms with Crippen LogP contribution < -0.4 is 16.2 Å². The summed E-state index contributed by atoms with van der Waals surface area (Å²) in [6.07, 6.45) is 0. The molecular weight excluding hydrogens is 248 g/mol. The largest absolute Gasteiger partial charge is 0.489 e. The molecule has 0 saturated carbocycles. The molecule has 0 saturated heterocycles. The van der Waals surface area contributed by atoms with E-state index in [9.17, 15) is 0 Å². The van der Waals surface area contributed by atoms with E-state index in [-0.39, 0.29) is 12.0 Å². The van der Waals surface area contributed by atoms with Gasteiger partial charge in [0.2, 0.25) is 0 Å². The van der Waals surface area contributed by atoms with Gasteiger partial charge in [-0.1, -0.05) is 42.5 Å². The molecule has 3 nitrogen and oxygen atoms in total. The molecule has 20 heavy (non-hydrogen) atoms. The van der Waals surface area contributed by atoms with Gasteiger partial charge in [0, 0.05) is 18.5 Å². The minimum atomic E-state index is 0.0519. The van der Waals surface area contributed by atoms with E-state index < -0.39 is 0 Å². The van der Waals surface area contributed by atoms with Crippen LogP contribution in [0.5, 0.6) is 5.75 Å². The van der Waals surface area contributed by atoms with Crippen molar-refractivity contribution in [1.82, 2.24) is 0 Å². The van der Waals surface area contributed by atoms with Crippen molar-refractivity contribution in [2.75, 3.05) is 6.54 Å². The maximum atomic E-state index is 5.94. The zero-order valence-electron chi connectivity index (χ0n) is 11.8. The topological polar surface area (TPSA) is 61.3 Å². The monoisotopic (exact) mass is 270 g/mol. The molecule has 2 aromatic rings. The summed E-state index contributed by atoms with van der Waals surface area (Å²) in [5.41, 5.74) is 14.0. The Morgan fingerprint density at radius 3 is 2.20 bits per heavy atom. The Morgan fingerprint density at radius 1 is 1.00 bits per heavy atom. The van der Waals surface area contributed by atoms with Crippen molar-refractivity contribution in [3.8, 4) is 5.75 Å². The van der Waals surface area contributed by atoms with Crippen molar-refractivity contribution in [3.05, 3.63) is 65.7 Å². The highest BCUT2D eigenvalue weighted by atomic mass is 16.5. The summed E-state index contributed by atoms with van der Waals surface area (Å²) in [5, 5.41) is 0. The smallest absolute Gasteiger partial charge is 0.119 e. The second-order valence-corrected chi connectivity index (χ2v) is 5.04. The predicted molar refractivity (Wildman–Crippen MR) is 82.7 cm³/mol. The number of benzene rings is 2. The standard InChI is InChI=1S/C17H22N2O/c1-13(19)17(11-18)15-7-9-16(10-8-15)20-12-14-5-3-2-4-6-14/h2-10,13,17H,11-12,18-19H2,1H3. The Bertz CT molecular complexity index is 508. The Morgan fingerprint density at radius 2 is 1.65 bits per heavy atom.